The van der Waals surface area contributed by atoms with Gasteiger partial charge in [-0.1, -0.05) is 31.5 Å². The number of aromatic hydroxyl groups is 1. The molecule has 14 heavy (non-hydrogen) atoms. The molecule has 1 fully saturated rings. The van der Waals surface area contributed by atoms with Crippen molar-refractivity contribution in [3.8, 4) is 5.75 Å². The van der Waals surface area contributed by atoms with Gasteiger partial charge in [-0.3, -0.25) is 0 Å². The summed E-state index contributed by atoms with van der Waals surface area (Å²) >= 11 is 0. The number of phenols is 1. The standard InChI is InChI=1S/C13H18O/c1-2-3-5-11-6-4-7-12(13(11)14)10-8-9-10/h4,6-7,10,14H,2-3,5,8-9H2,1H3. The summed E-state index contributed by atoms with van der Waals surface area (Å²) in [6.45, 7) is 2.18. The van der Waals surface area contributed by atoms with Gasteiger partial charge in [0.2, 0.25) is 0 Å². The Morgan fingerprint density at radius 1 is 1.36 bits per heavy atom. The molecular formula is C13H18O. The monoisotopic (exact) mass is 190 g/mol. The molecule has 0 aromatic heterocycles. The summed E-state index contributed by atoms with van der Waals surface area (Å²) in [5.41, 5.74) is 2.31. The van der Waals surface area contributed by atoms with Gasteiger partial charge in [0.05, 0.1) is 0 Å². The summed E-state index contributed by atoms with van der Waals surface area (Å²) in [7, 11) is 0. The van der Waals surface area contributed by atoms with Crippen LogP contribution < -0.4 is 0 Å². The van der Waals surface area contributed by atoms with E-state index in [0.717, 1.165) is 12.0 Å². The van der Waals surface area contributed by atoms with Crippen molar-refractivity contribution in [2.75, 3.05) is 0 Å². The van der Waals surface area contributed by atoms with Gasteiger partial charge >= 0.3 is 0 Å². The molecule has 1 aliphatic carbocycles. The smallest absolute Gasteiger partial charge is 0.122 e. The molecule has 0 bridgehead atoms. The maximum Gasteiger partial charge on any atom is 0.122 e. The van der Waals surface area contributed by atoms with Gasteiger partial charge in [-0.15, -0.1) is 0 Å². The van der Waals surface area contributed by atoms with E-state index in [0.29, 0.717) is 11.7 Å². The summed E-state index contributed by atoms with van der Waals surface area (Å²) < 4.78 is 0. The fourth-order valence-electron chi connectivity index (χ4n) is 1.90. The van der Waals surface area contributed by atoms with Crippen LogP contribution in [0.25, 0.3) is 0 Å². The maximum atomic E-state index is 10.0. The van der Waals surface area contributed by atoms with Gasteiger partial charge in [0.1, 0.15) is 5.75 Å². The van der Waals surface area contributed by atoms with Crippen LogP contribution in [0, 0.1) is 0 Å². The second-order valence-corrected chi connectivity index (χ2v) is 4.23. The largest absolute Gasteiger partial charge is 0.507 e. The molecule has 1 nitrogen and oxygen atoms in total. The predicted octanol–water partition coefficient (Wildman–Crippen LogP) is 3.61. The number of hydrogen-bond donors (Lipinski definition) is 1. The number of para-hydroxylation sites is 1. The third-order valence-electron chi connectivity index (χ3n) is 2.97. The molecule has 0 heterocycles. The van der Waals surface area contributed by atoms with Gasteiger partial charge in [-0.25, -0.2) is 0 Å². The normalized spacial score (nSPS) is 15.8. The van der Waals surface area contributed by atoms with E-state index in [9.17, 15) is 5.11 Å². The Morgan fingerprint density at radius 3 is 2.79 bits per heavy atom. The molecule has 76 valence electrons. The molecule has 1 aliphatic rings. The minimum Gasteiger partial charge on any atom is -0.507 e. The Bertz CT molecular complexity index is 313. The Balaban J connectivity index is 2.18. The lowest BCUT2D eigenvalue weighted by Gasteiger charge is -2.08. The third-order valence-corrected chi connectivity index (χ3v) is 2.97. The first-order valence-corrected chi connectivity index (χ1v) is 5.63. The molecule has 2 rings (SSSR count). The maximum absolute atomic E-state index is 10.0. The highest BCUT2D eigenvalue weighted by Gasteiger charge is 2.26. The number of hydrogen-bond acceptors (Lipinski definition) is 1. The minimum absolute atomic E-state index is 0.573. The summed E-state index contributed by atoms with van der Waals surface area (Å²) in [6.07, 6.45) is 5.88. The fraction of sp³-hybridized carbons (Fsp3) is 0.538. The number of aryl methyl sites for hydroxylation is 1. The van der Waals surface area contributed by atoms with E-state index in [-0.39, 0.29) is 0 Å². The predicted molar refractivity (Wildman–Crippen MR) is 58.7 cm³/mol. The molecule has 0 saturated heterocycles. The molecule has 1 saturated carbocycles. The van der Waals surface area contributed by atoms with E-state index >= 15 is 0 Å². The minimum atomic E-state index is 0.573. The Morgan fingerprint density at radius 2 is 2.14 bits per heavy atom. The van der Waals surface area contributed by atoms with Gasteiger partial charge < -0.3 is 5.11 Å². The van der Waals surface area contributed by atoms with Crippen LogP contribution in [-0.2, 0) is 6.42 Å². The van der Waals surface area contributed by atoms with Crippen molar-refractivity contribution in [2.45, 2.75) is 44.9 Å². The molecule has 0 unspecified atom stereocenters. The van der Waals surface area contributed by atoms with Crippen molar-refractivity contribution in [1.82, 2.24) is 0 Å². The lowest BCUT2D eigenvalue weighted by atomic mass is 10.0. The fourth-order valence-corrected chi connectivity index (χ4v) is 1.90. The highest BCUT2D eigenvalue weighted by atomic mass is 16.3. The van der Waals surface area contributed by atoms with E-state index in [1.165, 1.54) is 31.2 Å². The van der Waals surface area contributed by atoms with Gasteiger partial charge in [-0.2, -0.15) is 0 Å². The molecule has 1 N–H and O–H groups in total. The molecule has 1 heteroatoms. The Hall–Kier alpha value is -0.980. The molecule has 0 atom stereocenters. The SMILES string of the molecule is CCCCc1cccc(C2CC2)c1O. The van der Waals surface area contributed by atoms with E-state index in [1.54, 1.807) is 0 Å². The number of unbranched alkanes of at least 4 members (excludes halogenated alkanes) is 1. The van der Waals surface area contributed by atoms with Crippen LogP contribution in [0.1, 0.15) is 49.7 Å². The molecule has 0 amide bonds. The van der Waals surface area contributed by atoms with Crippen LogP contribution in [0.3, 0.4) is 0 Å². The molecule has 0 radical (unpaired) electrons. The third kappa shape index (κ3) is 1.92. The second-order valence-electron chi connectivity index (χ2n) is 4.23. The van der Waals surface area contributed by atoms with Crippen LogP contribution in [0.4, 0.5) is 0 Å². The van der Waals surface area contributed by atoms with Crippen molar-refractivity contribution in [3.63, 3.8) is 0 Å². The highest BCUT2D eigenvalue weighted by molar-refractivity contribution is 5.44. The molecule has 0 spiro atoms. The molecular weight excluding hydrogens is 172 g/mol. The zero-order chi connectivity index (χ0) is 9.97. The van der Waals surface area contributed by atoms with Crippen LogP contribution in [0.2, 0.25) is 0 Å². The zero-order valence-corrected chi connectivity index (χ0v) is 8.79. The second kappa shape index (κ2) is 4.04. The van der Waals surface area contributed by atoms with E-state index in [1.807, 2.05) is 0 Å². The van der Waals surface area contributed by atoms with Crippen LogP contribution in [-0.4, -0.2) is 5.11 Å². The molecule has 0 aliphatic heterocycles. The first kappa shape index (κ1) is 9.57. The van der Waals surface area contributed by atoms with E-state index in [2.05, 4.69) is 25.1 Å². The number of rotatable bonds is 4. The van der Waals surface area contributed by atoms with Crippen LogP contribution >= 0.6 is 0 Å². The number of phenolic OH excluding ortho intramolecular Hbond substituents is 1. The van der Waals surface area contributed by atoms with Crippen LogP contribution in [0.15, 0.2) is 18.2 Å². The van der Waals surface area contributed by atoms with Crippen molar-refractivity contribution in [2.24, 2.45) is 0 Å². The molecule has 1 aromatic carbocycles. The van der Waals surface area contributed by atoms with Crippen molar-refractivity contribution >= 4 is 0 Å². The Kier molecular flexibility index (Phi) is 2.76. The lowest BCUT2D eigenvalue weighted by Crippen LogP contribution is -1.89. The number of benzene rings is 1. The average molecular weight is 190 g/mol. The topological polar surface area (TPSA) is 20.2 Å². The van der Waals surface area contributed by atoms with Crippen molar-refractivity contribution < 1.29 is 5.11 Å². The van der Waals surface area contributed by atoms with Crippen molar-refractivity contribution in [3.05, 3.63) is 29.3 Å². The van der Waals surface area contributed by atoms with Crippen LogP contribution in [0.5, 0.6) is 5.75 Å². The van der Waals surface area contributed by atoms with E-state index in [4.69, 9.17) is 0 Å². The molecule has 1 aromatic rings. The van der Waals surface area contributed by atoms with Gasteiger partial charge in [0.15, 0.2) is 0 Å². The average Bonchev–Trinajstić information content (AvgIpc) is 3.00. The lowest BCUT2D eigenvalue weighted by molar-refractivity contribution is 0.460. The van der Waals surface area contributed by atoms with Gasteiger partial charge in [0, 0.05) is 0 Å². The van der Waals surface area contributed by atoms with Gasteiger partial charge in [-0.05, 0) is 42.7 Å². The Labute approximate surface area is 85.8 Å². The highest BCUT2D eigenvalue weighted by Crippen LogP contribution is 2.44. The summed E-state index contributed by atoms with van der Waals surface area (Å²) in [5.74, 6) is 1.22. The first-order valence-electron chi connectivity index (χ1n) is 5.63. The van der Waals surface area contributed by atoms with Crippen molar-refractivity contribution in [1.29, 1.82) is 0 Å². The first-order chi connectivity index (χ1) is 6.83. The van der Waals surface area contributed by atoms with E-state index < -0.39 is 0 Å². The quantitative estimate of drug-likeness (QED) is 0.769. The summed E-state index contributed by atoms with van der Waals surface area (Å²) in [5, 5.41) is 10.0. The van der Waals surface area contributed by atoms with Gasteiger partial charge in [0.25, 0.3) is 0 Å². The summed E-state index contributed by atoms with van der Waals surface area (Å²) in [4.78, 5) is 0. The summed E-state index contributed by atoms with van der Waals surface area (Å²) in [6, 6.07) is 6.21. The zero-order valence-electron chi connectivity index (χ0n) is 8.79.